The van der Waals surface area contributed by atoms with Crippen molar-refractivity contribution in [3.05, 3.63) is 40.9 Å². The molecule has 0 aliphatic carbocycles. The van der Waals surface area contributed by atoms with Crippen LogP contribution in [0.2, 0.25) is 0 Å². The van der Waals surface area contributed by atoms with Crippen LogP contribution < -0.4 is 15.5 Å². The molecule has 1 aliphatic rings. The van der Waals surface area contributed by atoms with E-state index >= 15 is 0 Å². The summed E-state index contributed by atoms with van der Waals surface area (Å²) in [5, 5.41) is 8.14. The van der Waals surface area contributed by atoms with Crippen molar-refractivity contribution in [1.29, 1.82) is 0 Å². The van der Waals surface area contributed by atoms with Gasteiger partial charge in [-0.15, -0.1) is 11.3 Å². The van der Waals surface area contributed by atoms with Gasteiger partial charge in [0.1, 0.15) is 5.69 Å². The molecule has 1 saturated heterocycles. The van der Waals surface area contributed by atoms with Gasteiger partial charge in [-0.05, 0) is 19.1 Å². The summed E-state index contributed by atoms with van der Waals surface area (Å²) in [6, 6.07) is 6.74. The van der Waals surface area contributed by atoms with E-state index in [1.165, 1.54) is 11.3 Å². The molecule has 2 heterocycles. The second kappa shape index (κ2) is 9.13. The minimum atomic E-state index is -0.350. The minimum Gasteiger partial charge on any atom is -0.383 e. The van der Waals surface area contributed by atoms with E-state index in [4.69, 9.17) is 9.47 Å². The molecule has 150 valence electrons. The lowest BCUT2D eigenvalue weighted by Crippen LogP contribution is -2.51. The number of hydrogen-bond donors (Lipinski definition) is 2. The zero-order valence-electron chi connectivity index (χ0n) is 16.1. The number of hydrogen-bond acceptors (Lipinski definition) is 7. The van der Waals surface area contributed by atoms with Crippen LogP contribution in [0.15, 0.2) is 29.6 Å². The normalized spacial score (nSPS) is 15.0. The van der Waals surface area contributed by atoms with Crippen molar-refractivity contribution in [1.82, 2.24) is 10.3 Å². The van der Waals surface area contributed by atoms with Gasteiger partial charge in [-0.1, -0.05) is 12.1 Å². The number of para-hydroxylation sites is 1. The second-order valence-corrected chi connectivity index (χ2v) is 7.44. The summed E-state index contributed by atoms with van der Waals surface area (Å²) in [5.41, 5.74) is 1.15. The molecule has 3 rings (SSSR count). The quantitative estimate of drug-likeness (QED) is 0.699. The van der Waals surface area contributed by atoms with E-state index in [1.54, 1.807) is 43.9 Å². The van der Waals surface area contributed by atoms with Crippen LogP contribution in [0, 0.1) is 0 Å². The highest BCUT2D eigenvalue weighted by atomic mass is 32.1. The zero-order valence-corrected chi connectivity index (χ0v) is 16.9. The van der Waals surface area contributed by atoms with Gasteiger partial charge in [0.25, 0.3) is 11.8 Å². The third kappa shape index (κ3) is 4.67. The van der Waals surface area contributed by atoms with Gasteiger partial charge < -0.3 is 25.0 Å². The van der Waals surface area contributed by atoms with E-state index in [2.05, 4.69) is 20.5 Å². The van der Waals surface area contributed by atoms with Gasteiger partial charge in [0, 0.05) is 38.7 Å². The van der Waals surface area contributed by atoms with E-state index in [1.807, 2.05) is 6.92 Å². The number of rotatable bonds is 8. The van der Waals surface area contributed by atoms with Crippen LogP contribution >= 0.6 is 11.3 Å². The van der Waals surface area contributed by atoms with Crippen LogP contribution in [0.1, 0.15) is 27.8 Å². The fourth-order valence-electron chi connectivity index (χ4n) is 2.83. The summed E-state index contributed by atoms with van der Waals surface area (Å²) >= 11 is 1.41. The molecule has 2 amide bonds. The van der Waals surface area contributed by atoms with Crippen molar-refractivity contribution in [2.45, 2.75) is 19.1 Å². The molecule has 0 saturated carbocycles. The van der Waals surface area contributed by atoms with Crippen molar-refractivity contribution in [2.75, 3.05) is 44.1 Å². The first-order valence-electron chi connectivity index (χ1n) is 8.95. The van der Waals surface area contributed by atoms with Gasteiger partial charge >= 0.3 is 0 Å². The third-order valence-corrected chi connectivity index (χ3v) is 5.29. The Kier molecular flexibility index (Phi) is 6.61. The Labute approximate surface area is 167 Å². The van der Waals surface area contributed by atoms with Crippen molar-refractivity contribution in [3.8, 4) is 0 Å². The number of carbonyl (C=O) groups excluding carboxylic acids is 2. The molecule has 0 bridgehead atoms. The number of carbonyl (C=O) groups is 2. The lowest BCUT2D eigenvalue weighted by Gasteiger charge is -2.37. The van der Waals surface area contributed by atoms with E-state index in [-0.39, 0.29) is 24.0 Å². The van der Waals surface area contributed by atoms with Crippen molar-refractivity contribution in [2.24, 2.45) is 0 Å². The molecule has 2 N–H and O–H groups in total. The predicted molar refractivity (Wildman–Crippen MR) is 108 cm³/mol. The molecule has 1 fully saturated rings. The summed E-state index contributed by atoms with van der Waals surface area (Å²) in [7, 11) is 3.26. The topological polar surface area (TPSA) is 92.8 Å². The highest BCUT2D eigenvalue weighted by Crippen LogP contribution is 2.26. The van der Waals surface area contributed by atoms with Gasteiger partial charge in [-0.25, -0.2) is 4.98 Å². The number of benzene rings is 1. The summed E-state index contributed by atoms with van der Waals surface area (Å²) in [5.74, 6) is -0.623. The number of nitrogens with zero attached hydrogens (tertiary/aromatic N) is 2. The smallest absolute Gasteiger partial charge is 0.275 e. The van der Waals surface area contributed by atoms with Crippen molar-refractivity contribution in [3.63, 3.8) is 0 Å². The average molecular weight is 404 g/mol. The van der Waals surface area contributed by atoms with Gasteiger partial charge in [-0.3, -0.25) is 9.59 Å². The highest BCUT2D eigenvalue weighted by molar-refractivity contribution is 7.14. The fraction of sp³-hybridized carbons (Fsp3) is 0.421. The van der Waals surface area contributed by atoms with Crippen LogP contribution in [-0.2, 0) is 9.47 Å². The second-order valence-electron chi connectivity index (χ2n) is 6.61. The van der Waals surface area contributed by atoms with Gasteiger partial charge in [0.2, 0.25) is 0 Å². The molecule has 8 nitrogen and oxygen atoms in total. The Morgan fingerprint density at radius 2 is 2.04 bits per heavy atom. The highest BCUT2D eigenvalue weighted by Gasteiger charge is 2.29. The lowest BCUT2D eigenvalue weighted by molar-refractivity contribution is 0.0787. The Bertz CT molecular complexity index is 835. The standard InChI is InChI=1S/C19H24N4O4S/c1-12(10-26-2)20-17(24)14-6-4-5-7-15(14)21-18(25)16-11-28-19(22-16)23-8-13(9-23)27-3/h4-7,11-13H,8-10H2,1-3H3,(H,20,24)(H,21,25)/t12-/m1/s1. The summed E-state index contributed by atoms with van der Waals surface area (Å²) in [6.45, 7) is 3.80. The molecule has 1 aromatic heterocycles. The molecule has 2 aromatic rings. The molecular weight excluding hydrogens is 380 g/mol. The Balaban J connectivity index is 1.66. The molecule has 0 unspecified atom stereocenters. The zero-order chi connectivity index (χ0) is 20.1. The Hall–Kier alpha value is -2.49. The molecule has 0 radical (unpaired) electrons. The predicted octanol–water partition coefficient (Wildman–Crippen LogP) is 2.00. The van der Waals surface area contributed by atoms with E-state index < -0.39 is 0 Å². The third-order valence-electron chi connectivity index (χ3n) is 4.39. The van der Waals surface area contributed by atoms with Crippen LogP contribution in [0.5, 0.6) is 0 Å². The van der Waals surface area contributed by atoms with Crippen molar-refractivity contribution < 1.29 is 19.1 Å². The number of nitrogens with one attached hydrogen (secondary N) is 2. The van der Waals surface area contributed by atoms with Gasteiger partial charge in [0.15, 0.2) is 5.13 Å². The monoisotopic (exact) mass is 404 g/mol. The summed E-state index contributed by atoms with van der Waals surface area (Å²) in [4.78, 5) is 31.6. The molecule has 1 atom stereocenters. The van der Waals surface area contributed by atoms with E-state index in [0.717, 1.165) is 18.2 Å². The van der Waals surface area contributed by atoms with Crippen LogP contribution in [0.25, 0.3) is 0 Å². The largest absolute Gasteiger partial charge is 0.383 e. The summed E-state index contributed by atoms with van der Waals surface area (Å²) in [6.07, 6.45) is 0.215. The number of amides is 2. The first-order chi connectivity index (χ1) is 13.5. The number of aromatic nitrogens is 1. The van der Waals surface area contributed by atoms with Gasteiger partial charge in [0.05, 0.1) is 24.0 Å². The minimum absolute atomic E-state index is 0.144. The number of methoxy groups -OCH3 is 2. The van der Waals surface area contributed by atoms with Crippen molar-refractivity contribution >= 4 is 34.0 Å². The van der Waals surface area contributed by atoms with E-state index in [0.29, 0.717) is 23.6 Å². The van der Waals surface area contributed by atoms with Crippen LogP contribution in [0.3, 0.4) is 0 Å². The van der Waals surface area contributed by atoms with Gasteiger partial charge in [-0.2, -0.15) is 0 Å². The molecule has 1 aromatic carbocycles. The maximum atomic E-state index is 12.6. The first kappa shape index (κ1) is 20.2. The molecule has 1 aliphatic heterocycles. The summed E-state index contributed by atoms with van der Waals surface area (Å²) < 4.78 is 10.3. The Morgan fingerprint density at radius 1 is 1.29 bits per heavy atom. The number of anilines is 2. The number of thiazole rings is 1. The maximum absolute atomic E-state index is 12.6. The fourth-order valence-corrected chi connectivity index (χ4v) is 3.65. The maximum Gasteiger partial charge on any atom is 0.275 e. The van der Waals surface area contributed by atoms with E-state index in [9.17, 15) is 9.59 Å². The molecular formula is C19H24N4O4S. The van der Waals surface area contributed by atoms with Crippen LogP contribution in [0.4, 0.5) is 10.8 Å². The average Bonchev–Trinajstić information content (AvgIpc) is 3.11. The number of ether oxygens (including phenoxy) is 2. The molecule has 28 heavy (non-hydrogen) atoms. The molecule has 0 spiro atoms. The molecule has 9 heteroatoms. The SMILES string of the molecule is COC[C@@H](C)NC(=O)c1ccccc1NC(=O)c1csc(N2CC(OC)C2)n1. The first-order valence-corrected chi connectivity index (χ1v) is 9.83. The van der Waals surface area contributed by atoms with Crippen LogP contribution in [-0.4, -0.2) is 62.9 Å². The Morgan fingerprint density at radius 3 is 2.75 bits per heavy atom. The lowest BCUT2D eigenvalue weighted by atomic mass is 10.1.